The Bertz CT molecular complexity index is 1170. The highest BCUT2D eigenvalue weighted by molar-refractivity contribution is 7.89. The van der Waals surface area contributed by atoms with Crippen molar-refractivity contribution in [2.75, 3.05) is 49.6 Å². The summed E-state index contributed by atoms with van der Waals surface area (Å²) in [5.74, 6) is 0.983. The van der Waals surface area contributed by atoms with Crippen molar-refractivity contribution in [3.05, 3.63) is 40.9 Å². The number of benzene rings is 1. The van der Waals surface area contributed by atoms with E-state index in [1.165, 1.54) is 0 Å². The Morgan fingerprint density at radius 3 is 2.64 bits per heavy atom. The van der Waals surface area contributed by atoms with Crippen molar-refractivity contribution in [1.29, 1.82) is 0 Å². The third-order valence-electron chi connectivity index (χ3n) is 5.95. The Morgan fingerprint density at radius 1 is 1.06 bits per heavy atom. The average Bonchev–Trinajstić information content (AvgIpc) is 3.56. The van der Waals surface area contributed by atoms with Gasteiger partial charge in [0.05, 0.1) is 36.0 Å². The van der Waals surface area contributed by atoms with E-state index in [0.29, 0.717) is 49.5 Å². The molecule has 0 amide bonds. The molecule has 0 saturated carbocycles. The second-order valence-electron chi connectivity index (χ2n) is 8.12. The van der Waals surface area contributed by atoms with Crippen molar-refractivity contribution in [1.82, 2.24) is 14.4 Å². The molecule has 3 aromatic rings. The average molecular weight is 490 g/mol. The highest BCUT2D eigenvalue weighted by Crippen LogP contribution is 2.32. The minimum atomic E-state index is -3.54. The molecule has 176 valence electrons. The molecule has 1 N–H and O–H groups in total. The topological polar surface area (TPSA) is 101 Å². The predicted molar refractivity (Wildman–Crippen MR) is 127 cm³/mol. The van der Waals surface area contributed by atoms with Gasteiger partial charge in [0, 0.05) is 37.1 Å². The van der Waals surface area contributed by atoms with Gasteiger partial charge >= 0.3 is 0 Å². The zero-order valence-electron chi connectivity index (χ0n) is 18.3. The van der Waals surface area contributed by atoms with Crippen LogP contribution in [0.3, 0.4) is 0 Å². The molecule has 0 bridgehead atoms. The number of nitrogens with one attached hydrogen (secondary N) is 1. The molecule has 9 nitrogen and oxygen atoms in total. The molecule has 0 aliphatic carbocycles. The Labute approximate surface area is 197 Å². The number of rotatable bonds is 7. The van der Waals surface area contributed by atoms with Gasteiger partial charge in [0.1, 0.15) is 0 Å². The Kier molecular flexibility index (Phi) is 6.63. The maximum atomic E-state index is 13.3. The first kappa shape index (κ1) is 22.3. The van der Waals surface area contributed by atoms with Crippen LogP contribution in [0.1, 0.15) is 25.2 Å². The van der Waals surface area contributed by atoms with E-state index >= 15 is 0 Å². The summed E-state index contributed by atoms with van der Waals surface area (Å²) in [6, 6.07) is 7.26. The monoisotopic (exact) mass is 489 g/mol. The van der Waals surface area contributed by atoms with Gasteiger partial charge in [-0.1, -0.05) is 11.6 Å². The molecular formula is C22H27N5O4S2. The van der Waals surface area contributed by atoms with Crippen LogP contribution in [-0.2, 0) is 21.3 Å². The zero-order valence-corrected chi connectivity index (χ0v) is 19.9. The molecule has 2 aliphatic heterocycles. The first-order valence-corrected chi connectivity index (χ1v) is 13.6. The summed E-state index contributed by atoms with van der Waals surface area (Å²) < 4.78 is 39.0. The van der Waals surface area contributed by atoms with Gasteiger partial charge in [0.25, 0.3) is 0 Å². The summed E-state index contributed by atoms with van der Waals surface area (Å²) in [6.45, 7) is 4.21. The van der Waals surface area contributed by atoms with Crippen molar-refractivity contribution in [3.8, 4) is 11.4 Å². The van der Waals surface area contributed by atoms with Crippen molar-refractivity contribution >= 4 is 32.7 Å². The second kappa shape index (κ2) is 9.80. The second-order valence-corrected chi connectivity index (χ2v) is 10.8. The number of piperidine rings is 1. The molecule has 2 aliphatic rings. The van der Waals surface area contributed by atoms with Crippen molar-refractivity contribution in [2.45, 2.75) is 30.7 Å². The SMILES string of the molecule is O=S(=O)(c1ccc(N2CCOCC2)c(NCc2nc(-c3ccsc3)no2)c1)N1CCCCC1. The van der Waals surface area contributed by atoms with Gasteiger partial charge in [0.2, 0.25) is 21.7 Å². The lowest BCUT2D eigenvalue weighted by atomic mass is 10.2. The van der Waals surface area contributed by atoms with Gasteiger partial charge in [0.15, 0.2) is 0 Å². The molecule has 0 atom stereocenters. The van der Waals surface area contributed by atoms with E-state index in [-0.39, 0.29) is 0 Å². The summed E-state index contributed by atoms with van der Waals surface area (Å²) in [6.07, 6.45) is 2.88. The van der Waals surface area contributed by atoms with Gasteiger partial charge in [-0.2, -0.15) is 20.6 Å². The first-order chi connectivity index (χ1) is 16.1. The van der Waals surface area contributed by atoms with Gasteiger partial charge in [-0.15, -0.1) is 0 Å². The maximum absolute atomic E-state index is 13.3. The number of nitrogens with zero attached hydrogens (tertiary/aromatic N) is 4. The fourth-order valence-electron chi connectivity index (χ4n) is 4.16. The van der Waals surface area contributed by atoms with E-state index in [9.17, 15) is 8.42 Å². The van der Waals surface area contributed by atoms with Crippen LogP contribution in [0.4, 0.5) is 11.4 Å². The summed E-state index contributed by atoms with van der Waals surface area (Å²) in [4.78, 5) is 6.96. The summed E-state index contributed by atoms with van der Waals surface area (Å²) in [7, 11) is -3.54. The van der Waals surface area contributed by atoms with E-state index in [2.05, 4.69) is 20.4 Å². The highest BCUT2D eigenvalue weighted by Gasteiger charge is 2.27. The fraction of sp³-hybridized carbons (Fsp3) is 0.455. The molecule has 4 heterocycles. The number of thiophene rings is 1. The fourth-order valence-corrected chi connectivity index (χ4v) is 6.34. The van der Waals surface area contributed by atoms with E-state index in [0.717, 1.165) is 49.3 Å². The molecule has 0 spiro atoms. The zero-order chi connectivity index (χ0) is 22.7. The number of hydrogen-bond acceptors (Lipinski definition) is 9. The quantitative estimate of drug-likeness (QED) is 0.539. The lowest BCUT2D eigenvalue weighted by molar-refractivity contribution is 0.123. The van der Waals surface area contributed by atoms with Crippen LogP contribution in [0.25, 0.3) is 11.4 Å². The van der Waals surface area contributed by atoms with E-state index in [1.807, 2.05) is 22.9 Å². The van der Waals surface area contributed by atoms with Crippen LogP contribution in [0.5, 0.6) is 0 Å². The summed E-state index contributed by atoms with van der Waals surface area (Å²) in [5, 5.41) is 11.3. The van der Waals surface area contributed by atoms with Crippen LogP contribution in [0.2, 0.25) is 0 Å². The number of ether oxygens (including phenoxy) is 1. The number of anilines is 2. The molecule has 0 unspecified atom stereocenters. The Morgan fingerprint density at radius 2 is 1.88 bits per heavy atom. The number of aromatic nitrogens is 2. The largest absolute Gasteiger partial charge is 0.378 e. The number of morpholine rings is 1. The smallest absolute Gasteiger partial charge is 0.246 e. The maximum Gasteiger partial charge on any atom is 0.246 e. The van der Waals surface area contributed by atoms with Gasteiger partial charge < -0.3 is 19.5 Å². The third kappa shape index (κ3) is 4.91. The molecule has 2 saturated heterocycles. The van der Waals surface area contributed by atoms with E-state index in [1.54, 1.807) is 27.8 Å². The van der Waals surface area contributed by atoms with Crippen molar-refractivity contribution < 1.29 is 17.7 Å². The van der Waals surface area contributed by atoms with Gasteiger partial charge in [-0.25, -0.2) is 8.42 Å². The standard InChI is InChI=1S/C22H27N5O4S2/c28-33(29,27-7-2-1-3-8-27)18-4-5-20(26-9-11-30-12-10-26)19(14-18)23-15-21-24-22(25-31-21)17-6-13-32-16-17/h4-6,13-14,16,23H,1-3,7-12,15H2. The number of hydrogen-bond donors (Lipinski definition) is 1. The van der Waals surface area contributed by atoms with Crippen LogP contribution < -0.4 is 10.2 Å². The molecule has 5 rings (SSSR count). The summed E-state index contributed by atoms with van der Waals surface area (Å²) in [5.41, 5.74) is 2.58. The molecule has 11 heteroatoms. The number of sulfonamides is 1. The van der Waals surface area contributed by atoms with Crippen LogP contribution in [0.15, 0.2) is 44.4 Å². The molecule has 1 aromatic carbocycles. The normalized spacial score (nSPS) is 17.9. The minimum absolute atomic E-state index is 0.293. The molecule has 2 aromatic heterocycles. The Balaban J connectivity index is 1.41. The predicted octanol–water partition coefficient (Wildman–Crippen LogP) is 3.42. The van der Waals surface area contributed by atoms with Crippen LogP contribution >= 0.6 is 11.3 Å². The Hall–Kier alpha value is -2.47. The van der Waals surface area contributed by atoms with Gasteiger partial charge in [-0.05, 0) is 42.5 Å². The van der Waals surface area contributed by atoms with Crippen molar-refractivity contribution in [3.63, 3.8) is 0 Å². The van der Waals surface area contributed by atoms with Crippen molar-refractivity contribution in [2.24, 2.45) is 0 Å². The van der Waals surface area contributed by atoms with E-state index < -0.39 is 10.0 Å². The lowest BCUT2D eigenvalue weighted by Crippen LogP contribution is -2.37. The van der Waals surface area contributed by atoms with Gasteiger partial charge in [-0.3, -0.25) is 0 Å². The lowest BCUT2D eigenvalue weighted by Gasteiger charge is -2.31. The molecule has 33 heavy (non-hydrogen) atoms. The minimum Gasteiger partial charge on any atom is -0.378 e. The molecule has 0 radical (unpaired) electrons. The summed E-state index contributed by atoms with van der Waals surface area (Å²) >= 11 is 1.57. The van der Waals surface area contributed by atoms with Crippen LogP contribution in [0, 0.1) is 0 Å². The van der Waals surface area contributed by atoms with E-state index in [4.69, 9.17) is 9.26 Å². The third-order valence-corrected chi connectivity index (χ3v) is 8.53. The molecular weight excluding hydrogens is 462 g/mol. The van der Waals surface area contributed by atoms with Crippen LogP contribution in [-0.4, -0.2) is 62.3 Å². The first-order valence-electron chi connectivity index (χ1n) is 11.2. The molecule has 2 fully saturated rings. The highest BCUT2D eigenvalue weighted by atomic mass is 32.2.